The van der Waals surface area contributed by atoms with Gasteiger partial charge in [-0.2, -0.15) is 0 Å². The number of methoxy groups -OCH3 is 1. The van der Waals surface area contributed by atoms with E-state index in [4.69, 9.17) is 9.47 Å². The fourth-order valence-electron chi connectivity index (χ4n) is 1.70. The molecule has 0 aliphatic carbocycles. The number of rotatable bonds is 6. The van der Waals surface area contributed by atoms with Crippen molar-refractivity contribution in [1.29, 1.82) is 0 Å². The van der Waals surface area contributed by atoms with Gasteiger partial charge in [0.15, 0.2) is 0 Å². The van der Waals surface area contributed by atoms with E-state index in [-0.39, 0.29) is 12.0 Å². The summed E-state index contributed by atoms with van der Waals surface area (Å²) in [4.78, 5) is 13.4. The fraction of sp³-hybridized carbons (Fsp3) is 0.909. The molecule has 1 atom stereocenters. The van der Waals surface area contributed by atoms with E-state index in [0.29, 0.717) is 19.6 Å². The number of hydrogen-bond donors (Lipinski definition) is 1. The number of carbonyl (C=O) groups excluding carboxylic acids is 1. The Kier molecular flexibility index (Phi) is 6.37. The van der Waals surface area contributed by atoms with E-state index in [1.165, 1.54) is 0 Å². The van der Waals surface area contributed by atoms with Crippen molar-refractivity contribution in [1.82, 2.24) is 10.2 Å². The number of nitrogens with zero attached hydrogens (tertiary/aromatic N) is 1. The maximum Gasteiger partial charge on any atom is 0.222 e. The van der Waals surface area contributed by atoms with Gasteiger partial charge in [-0.1, -0.05) is 0 Å². The van der Waals surface area contributed by atoms with Gasteiger partial charge in [0, 0.05) is 46.8 Å². The zero-order valence-electron chi connectivity index (χ0n) is 10.2. The van der Waals surface area contributed by atoms with Crippen molar-refractivity contribution in [3.05, 3.63) is 0 Å². The van der Waals surface area contributed by atoms with E-state index in [0.717, 1.165) is 26.1 Å². The van der Waals surface area contributed by atoms with Crippen LogP contribution in [0.15, 0.2) is 0 Å². The lowest BCUT2D eigenvalue weighted by Gasteiger charge is -2.28. The zero-order valence-corrected chi connectivity index (χ0v) is 10.2. The van der Waals surface area contributed by atoms with Crippen molar-refractivity contribution in [2.24, 2.45) is 0 Å². The second-order valence-corrected chi connectivity index (χ2v) is 4.07. The maximum atomic E-state index is 11.7. The highest BCUT2D eigenvalue weighted by Crippen LogP contribution is 2.02. The van der Waals surface area contributed by atoms with Crippen molar-refractivity contribution in [3.8, 4) is 0 Å². The second kappa shape index (κ2) is 7.60. The van der Waals surface area contributed by atoms with Gasteiger partial charge in [0.1, 0.15) is 0 Å². The van der Waals surface area contributed by atoms with Gasteiger partial charge in [0.05, 0.1) is 12.7 Å². The molecule has 1 aliphatic rings. The van der Waals surface area contributed by atoms with Crippen LogP contribution in [0, 0.1) is 0 Å². The molecular formula is C11H22N2O3. The Hall–Kier alpha value is -0.650. The van der Waals surface area contributed by atoms with E-state index in [1.807, 2.05) is 7.05 Å². The molecule has 0 bridgehead atoms. The van der Waals surface area contributed by atoms with Gasteiger partial charge in [0.2, 0.25) is 5.91 Å². The van der Waals surface area contributed by atoms with Crippen LogP contribution in [-0.2, 0) is 14.3 Å². The third-order valence-corrected chi connectivity index (χ3v) is 2.65. The first-order valence-corrected chi connectivity index (χ1v) is 5.79. The summed E-state index contributed by atoms with van der Waals surface area (Å²) in [5, 5.41) is 3.25. The van der Waals surface area contributed by atoms with E-state index in [1.54, 1.807) is 12.0 Å². The Balaban J connectivity index is 2.16. The van der Waals surface area contributed by atoms with Crippen LogP contribution >= 0.6 is 0 Å². The third-order valence-electron chi connectivity index (χ3n) is 2.65. The molecule has 0 aromatic heterocycles. The number of hydrogen-bond acceptors (Lipinski definition) is 4. The van der Waals surface area contributed by atoms with Crippen LogP contribution in [0.2, 0.25) is 0 Å². The smallest absolute Gasteiger partial charge is 0.222 e. The highest BCUT2D eigenvalue weighted by atomic mass is 16.5. The molecular weight excluding hydrogens is 208 g/mol. The number of ether oxygens (including phenoxy) is 2. The molecule has 0 aromatic rings. The molecule has 0 spiro atoms. The predicted molar refractivity (Wildman–Crippen MR) is 61.4 cm³/mol. The molecule has 1 saturated heterocycles. The van der Waals surface area contributed by atoms with Crippen LogP contribution in [0.25, 0.3) is 0 Å². The fourth-order valence-corrected chi connectivity index (χ4v) is 1.70. The first kappa shape index (κ1) is 13.4. The van der Waals surface area contributed by atoms with Crippen molar-refractivity contribution in [2.45, 2.75) is 18.9 Å². The molecule has 5 heteroatoms. The molecule has 0 aromatic carbocycles. The molecule has 16 heavy (non-hydrogen) atoms. The average molecular weight is 230 g/mol. The molecule has 1 rings (SSSR count). The quantitative estimate of drug-likeness (QED) is 0.645. The molecule has 94 valence electrons. The first-order chi connectivity index (χ1) is 7.74. The molecule has 1 aliphatic heterocycles. The number of likely N-dealkylation sites (N-methyl/N-ethyl adjacent to an activating group) is 1. The second-order valence-electron chi connectivity index (χ2n) is 4.07. The minimum atomic E-state index is 0.130. The summed E-state index contributed by atoms with van der Waals surface area (Å²) in [6.07, 6.45) is 1.46. The first-order valence-electron chi connectivity index (χ1n) is 5.79. The van der Waals surface area contributed by atoms with Crippen LogP contribution in [0.5, 0.6) is 0 Å². The highest BCUT2D eigenvalue weighted by molar-refractivity contribution is 5.75. The summed E-state index contributed by atoms with van der Waals surface area (Å²) >= 11 is 0. The summed E-state index contributed by atoms with van der Waals surface area (Å²) in [5.41, 5.74) is 0. The van der Waals surface area contributed by atoms with Gasteiger partial charge in [-0.3, -0.25) is 4.79 Å². The SMILES string of the molecule is COCCCC(=O)N(C)CC1CNCCO1. The molecule has 1 amide bonds. The Morgan fingerprint density at radius 3 is 3.06 bits per heavy atom. The highest BCUT2D eigenvalue weighted by Gasteiger charge is 2.17. The van der Waals surface area contributed by atoms with Crippen LogP contribution in [0.1, 0.15) is 12.8 Å². The minimum absolute atomic E-state index is 0.130. The van der Waals surface area contributed by atoms with Crippen molar-refractivity contribution >= 4 is 5.91 Å². The molecule has 0 radical (unpaired) electrons. The van der Waals surface area contributed by atoms with Crippen molar-refractivity contribution in [3.63, 3.8) is 0 Å². The average Bonchev–Trinajstić information content (AvgIpc) is 2.30. The summed E-state index contributed by atoms with van der Waals surface area (Å²) in [6, 6.07) is 0. The Morgan fingerprint density at radius 1 is 1.62 bits per heavy atom. The van der Waals surface area contributed by atoms with Gasteiger partial charge >= 0.3 is 0 Å². The molecule has 1 heterocycles. The van der Waals surface area contributed by atoms with E-state index < -0.39 is 0 Å². The van der Waals surface area contributed by atoms with Crippen molar-refractivity contribution < 1.29 is 14.3 Å². The Bertz CT molecular complexity index is 205. The molecule has 1 fully saturated rings. The third kappa shape index (κ3) is 4.92. The van der Waals surface area contributed by atoms with Gasteiger partial charge < -0.3 is 19.7 Å². The summed E-state index contributed by atoms with van der Waals surface area (Å²) in [6.45, 7) is 3.77. The van der Waals surface area contributed by atoms with Gasteiger partial charge in [0.25, 0.3) is 0 Å². The van der Waals surface area contributed by atoms with E-state index in [9.17, 15) is 4.79 Å². The Labute approximate surface area is 97.1 Å². The summed E-state index contributed by atoms with van der Waals surface area (Å²) in [7, 11) is 3.48. The van der Waals surface area contributed by atoms with Crippen LogP contribution in [0.3, 0.4) is 0 Å². The standard InChI is InChI=1S/C11H22N2O3/c1-13(11(14)4-3-6-15-2)9-10-8-12-5-7-16-10/h10,12H,3-9H2,1-2H3. The Morgan fingerprint density at radius 2 is 2.44 bits per heavy atom. The molecule has 0 saturated carbocycles. The lowest BCUT2D eigenvalue weighted by Crippen LogP contribution is -2.45. The number of nitrogens with one attached hydrogen (secondary N) is 1. The maximum absolute atomic E-state index is 11.7. The lowest BCUT2D eigenvalue weighted by atomic mass is 10.2. The minimum Gasteiger partial charge on any atom is -0.385 e. The van der Waals surface area contributed by atoms with E-state index >= 15 is 0 Å². The lowest BCUT2D eigenvalue weighted by molar-refractivity contribution is -0.132. The number of morpholine rings is 1. The van der Waals surface area contributed by atoms with Gasteiger partial charge in [-0.15, -0.1) is 0 Å². The monoisotopic (exact) mass is 230 g/mol. The molecule has 5 nitrogen and oxygen atoms in total. The van der Waals surface area contributed by atoms with Crippen LogP contribution < -0.4 is 5.32 Å². The van der Waals surface area contributed by atoms with Crippen LogP contribution in [0.4, 0.5) is 0 Å². The molecule has 1 N–H and O–H groups in total. The summed E-state index contributed by atoms with van der Waals surface area (Å²) in [5.74, 6) is 0.159. The number of amides is 1. The topological polar surface area (TPSA) is 50.8 Å². The van der Waals surface area contributed by atoms with Crippen LogP contribution in [-0.4, -0.2) is 63.9 Å². The largest absolute Gasteiger partial charge is 0.385 e. The number of carbonyl (C=O) groups is 1. The molecule has 1 unspecified atom stereocenters. The zero-order chi connectivity index (χ0) is 11.8. The van der Waals surface area contributed by atoms with Crippen molar-refractivity contribution in [2.75, 3.05) is 47.0 Å². The van der Waals surface area contributed by atoms with Gasteiger partial charge in [-0.05, 0) is 6.42 Å². The summed E-state index contributed by atoms with van der Waals surface area (Å²) < 4.78 is 10.5. The van der Waals surface area contributed by atoms with E-state index in [2.05, 4.69) is 5.32 Å². The van der Waals surface area contributed by atoms with Gasteiger partial charge in [-0.25, -0.2) is 0 Å². The normalized spacial score (nSPS) is 20.8. The predicted octanol–water partition coefficient (Wildman–Crippen LogP) is -0.140.